The Kier molecular flexibility index (Phi) is 3.75. The molecule has 0 fully saturated rings. The average Bonchev–Trinajstić information content (AvgIpc) is 2.52. The van der Waals surface area contributed by atoms with Gasteiger partial charge in [-0.2, -0.15) is 13.2 Å². The van der Waals surface area contributed by atoms with Crippen molar-refractivity contribution in [2.24, 2.45) is 0 Å². The summed E-state index contributed by atoms with van der Waals surface area (Å²) in [5.41, 5.74) is 0.0576. The van der Waals surface area contributed by atoms with Crippen LogP contribution >= 0.6 is 0 Å². The number of amides is 1. The molecule has 0 aliphatic carbocycles. The monoisotopic (exact) mass is 321 g/mol. The number of benzene rings is 2. The van der Waals surface area contributed by atoms with Gasteiger partial charge in [-0.25, -0.2) is 0 Å². The lowest BCUT2D eigenvalue weighted by atomic mass is 10.1. The zero-order chi connectivity index (χ0) is 16.6. The third-order valence-corrected chi connectivity index (χ3v) is 3.63. The molecule has 0 radical (unpaired) electrons. The summed E-state index contributed by atoms with van der Waals surface area (Å²) in [6.07, 6.45) is -4.61. The molecular weight excluding hydrogens is 307 g/mol. The van der Waals surface area contributed by atoms with Gasteiger partial charge in [-0.3, -0.25) is 4.79 Å². The molecule has 1 heterocycles. The summed E-state index contributed by atoms with van der Waals surface area (Å²) in [6.45, 7) is 2.18. The van der Waals surface area contributed by atoms with E-state index >= 15 is 0 Å². The van der Waals surface area contributed by atoms with E-state index in [0.29, 0.717) is 18.0 Å². The van der Waals surface area contributed by atoms with Crippen molar-refractivity contribution in [3.63, 3.8) is 0 Å². The molecule has 0 spiro atoms. The minimum absolute atomic E-state index is 0.191. The van der Waals surface area contributed by atoms with Gasteiger partial charge in [0.2, 0.25) is 0 Å². The highest BCUT2D eigenvalue weighted by atomic mass is 19.4. The Morgan fingerprint density at radius 1 is 1.13 bits per heavy atom. The van der Waals surface area contributed by atoms with Crippen molar-refractivity contribution in [1.29, 1.82) is 0 Å². The Bertz CT molecular complexity index is 725. The van der Waals surface area contributed by atoms with E-state index in [1.807, 2.05) is 6.92 Å². The SMILES string of the molecule is CC1CN(C(=O)c2ccc(C(F)(F)F)cc2)c2ccccc2O1. The van der Waals surface area contributed by atoms with Crippen LogP contribution < -0.4 is 9.64 Å². The van der Waals surface area contributed by atoms with Gasteiger partial charge in [0.1, 0.15) is 11.9 Å². The quantitative estimate of drug-likeness (QED) is 0.790. The molecule has 1 unspecified atom stereocenters. The molecule has 0 saturated heterocycles. The normalized spacial score (nSPS) is 17.4. The van der Waals surface area contributed by atoms with Gasteiger partial charge in [-0.05, 0) is 43.3 Å². The van der Waals surface area contributed by atoms with Gasteiger partial charge in [-0.1, -0.05) is 12.1 Å². The first-order valence-electron chi connectivity index (χ1n) is 7.11. The summed E-state index contributed by atoms with van der Waals surface area (Å²) in [6, 6.07) is 11.3. The van der Waals surface area contributed by atoms with Crippen molar-refractivity contribution >= 4 is 11.6 Å². The molecule has 1 aliphatic rings. The van der Waals surface area contributed by atoms with Crippen LogP contribution in [0, 0.1) is 0 Å². The number of alkyl halides is 3. The molecule has 23 heavy (non-hydrogen) atoms. The number of anilines is 1. The highest BCUT2D eigenvalue weighted by molar-refractivity contribution is 6.07. The third-order valence-electron chi connectivity index (χ3n) is 3.63. The Morgan fingerprint density at radius 2 is 1.78 bits per heavy atom. The maximum atomic E-state index is 12.7. The van der Waals surface area contributed by atoms with Crippen LogP contribution in [-0.2, 0) is 6.18 Å². The summed E-state index contributed by atoms with van der Waals surface area (Å²) in [7, 11) is 0. The standard InChI is InChI=1S/C17H14F3NO2/c1-11-10-21(14-4-2-3-5-15(14)23-11)16(22)12-6-8-13(9-7-12)17(18,19)20/h2-9,11H,10H2,1H3. The highest BCUT2D eigenvalue weighted by Gasteiger charge is 2.31. The largest absolute Gasteiger partial charge is 0.487 e. The molecular formula is C17H14F3NO2. The second-order valence-corrected chi connectivity index (χ2v) is 5.39. The van der Waals surface area contributed by atoms with Gasteiger partial charge >= 0.3 is 6.18 Å². The van der Waals surface area contributed by atoms with Gasteiger partial charge < -0.3 is 9.64 Å². The first kappa shape index (κ1) is 15.4. The van der Waals surface area contributed by atoms with Gasteiger partial charge in [0.15, 0.2) is 0 Å². The highest BCUT2D eigenvalue weighted by Crippen LogP contribution is 2.34. The van der Waals surface area contributed by atoms with Crippen molar-refractivity contribution in [3.8, 4) is 5.75 Å². The number of para-hydroxylation sites is 2. The van der Waals surface area contributed by atoms with Crippen LogP contribution in [0.4, 0.5) is 18.9 Å². The number of hydrogen-bond donors (Lipinski definition) is 0. The van der Waals surface area contributed by atoms with E-state index < -0.39 is 11.7 Å². The van der Waals surface area contributed by atoms with Crippen LogP contribution in [0.15, 0.2) is 48.5 Å². The van der Waals surface area contributed by atoms with Crippen molar-refractivity contribution in [3.05, 3.63) is 59.7 Å². The molecule has 3 nitrogen and oxygen atoms in total. The minimum Gasteiger partial charge on any atom is -0.487 e. The summed E-state index contributed by atoms with van der Waals surface area (Å²) in [5, 5.41) is 0. The number of nitrogens with zero attached hydrogens (tertiary/aromatic N) is 1. The zero-order valence-electron chi connectivity index (χ0n) is 12.3. The van der Waals surface area contributed by atoms with Crippen LogP contribution in [0.3, 0.4) is 0 Å². The van der Waals surface area contributed by atoms with E-state index in [0.717, 1.165) is 12.1 Å². The van der Waals surface area contributed by atoms with Gasteiger partial charge in [0, 0.05) is 5.56 Å². The lowest BCUT2D eigenvalue weighted by molar-refractivity contribution is -0.137. The fourth-order valence-electron chi connectivity index (χ4n) is 2.54. The second kappa shape index (κ2) is 5.61. The topological polar surface area (TPSA) is 29.5 Å². The maximum Gasteiger partial charge on any atom is 0.416 e. The van der Waals surface area contributed by atoms with E-state index in [1.165, 1.54) is 17.0 Å². The minimum atomic E-state index is -4.42. The van der Waals surface area contributed by atoms with Crippen molar-refractivity contribution in [2.45, 2.75) is 19.2 Å². The molecule has 0 N–H and O–H groups in total. The van der Waals surface area contributed by atoms with Crippen molar-refractivity contribution < 1.29 is 22.7 Å². The number of fused-ring (bicyclic) bond motifs is 1. The Hall–Kier alpha value is -2.50. The Labute approximate surface area is 131 Å². The first-order chi connectivity index (χ1) is 10.9. The predicted molar refractivity (Wildman–Crippen MR) is 79.7 cm³/mol. The van der Waals surface area contributed by atoms with Crippen LogP contribution in [0.5, 0.6) is 5.75 Å². The van der Waals surface area contributed by atoms with E-state index in [-0.39, 0.29) is 17.6 Å². The molecule has 3 rings (SSSR count). The van der Waals surface area contributed by atoms with Gasteiger partial charge in [0.05, 0.1) is 17.8 Å². The van der Waals surface area contributed by atoms with Crippen LogP contribution in [0.2, 0.25) is 0 Å². The number of carbonyl (C=O) groups is 1. The van der Waals surface area contributed by atoms with Gasteiger partial charge in [0.25, 0.3) is 5.91 Å². The van der Waals surface area contributed by atoms with E-state index in [9.17, 15) is 18.0 Å². The van der Waals surface area contributed by atoms with Gasteiger partial charge in [-0.15, -0.1) is 0 Å². The third kappa shape index (κ3) is 3.02. The number of carbonyl (C=O) groups excluding carboxylic acids is 1. The average molecular weight is 321 g/mol. The summed E-state index contributed by atoms with van der Waals surface area (Å²) in [4.78, 5) is 14.2. The molecule has 6 heteroatoms. The first-order valence-corrected chi connectivity index (χ1v) is 7.11. The summed E-state index contributed by atoms with van der Waals surface area (Å²) in [5.74, 6) is 0.243. The molecule has 120 valence electrons. The Morgan fingerprint density at radius 3 is 2.43 bits per heavy atom. The van der Waals surface area contributed by atoms with E-state index in [4.69, 9.17) is 4.74 Å². The number of ether oxygens (including phenoxy) is 1. The second-order valence-electron chi connectivity index (χ2n) is 5.39. The van der Waals surface area contributed by atoms with Crippen LogP contribution in [0.1, 0.15) is 22.8 Å². The summed E-state index contributed by atoms with van der Waals surface area (Å²) >= 11 is 0. The lowest BCUT2D eigenvalue weighted by Crippen LogP contribution is -2.42. The number of halogens is 3. The molecule has 1 aliphatic heterocycles. The molecule has 1 atom stereocenters. The van der Waals surface area contributed by atoms with Crippen molar-refractivity contribution in [1.82, 2.24) is 0 Å². The molecule has 2 aromatic carbocycles. The molecule has 2 aromatic rings. The molecule has 0 bridgehead atoms. The molecule has 0 saturated carbocycles. The van der Waals surface area contributed by atoms with E-state index in [2.05, 4.69) is 0 Å². The number of rotatable bonds is 1. The van der Waals surface area contributed by atoms with Crippen LogP contribution in [-0.4, -0.2) is 18.6 Å². The fourth-order valence-corrected chi connectivity index (χ4v) is 2.54. The Balaban J connectivity index is 1.92. The lowest BCUT2D eigenvalue weighted by Gasteiger charge is -2.33. The fraction of sp³-hybridized carbons (Fsp3) is 0.235. The summed E-state index contributed by atoms with van der Waals surface area (Å²) < 4.78 is 43.5. The maximum absolute atomic E-state index is 12.7. The smallest absolute Gasteiger partial charge is 0.416 e. The van der Waals surface area contributed by atoms with Crippen LogP contribution in [0.25, 0.3) is 0 Å². The molecule has 1 amide bonds. The number of hydrogen-bond acceptors (Lipinski definition) is 2. The van der Waals surface area contributed by atoms with E-state index in [1.54, 1.807) is 24.3 Å². The predicted octanol–water partition coefficient (Wildman–Crippen LogP) is 4.13. The molecule has 0 aromatic heterocycles. The zero-order valence-corrected chi connectivity index (χ0v) is 12.3. The van der Waals surface area contributed by atoms with Crippen molar-refractivity contribution in [2.75, 3.05) is 11.4 Å².